The van der Waals surface area contributed by atoms with Crippen molar-refractivity contribution in [1.29, 1.82) is 0 Å². The van der Waals surface area contributed by atoms with Gasteiger partial charge < -0.3 is 4.90 Å². The molecule has 0 N–H and O–H groups in total. The molecule has 24 heavy (non-hydrogen) atoms. The van der Waals surface area contributed by atoms with Crippen LogP contribution in [0.1, 0.15) is 35.5 Å². The predicted molar refractivity (Wildman–Crippen MR) is 83.4 cm³/mol. The molecule has 1 atom stereocenters. The molecular weight excluding hydrogens is 319 g/mol. The van der Waals surface area contributed by atoms with E-state index in [0.29, 0.717) is 6.54 Å². The van der Waals surface area contributed by atoms with Crippen molar-refractivity contribution in [1.82, 2.24) is 14.9 Å². The van der Waals surface area contributed by atoms with Crippen LogP contribution in [-0.4, -0.2) is 33.4 Å². The molecule has 7 heteroatoms. The summed E-state index contributed by atoms with van der Waals surface area (Å²) in [5.74, 6) is -0.345. The molecule has 0 aliphatic carbocycles. The van der Waals surface area contributed by atoms with Gasteiger partial charge in [0.05, 0.1) is 11.8 Å². The summed E-state index contributed by atoms with van der Waals surface area (Å²) in [6, 6.07) is 5.02. The molecule has 2 rings (SSSR count). The number of likely N-dealkylation sites (N-methyl/N-ethyl adjacent to an activating group) is 1. The highest BCUT2D eigenvalue weighted by atomic mass is 19.4. The van der Waals surface area contributed by atoms with E-state index in [4.69, 9.17) is 0 Å². The third kappa shape index (κ3) is 4.10. The zero-order chi connectivity index (χ0) is 17.7. The Morgan fingerprint density at radius 1 is 1.25 bits per heavy atom. The Bertz CT molecular complexity index is 689. The van der Waals surface area contributed by atoms with Crippen LogP contribution in [0.5, 0.6) is 0 Å². The Morgan fingerprint density at radius 3 is 2.54 bits per heavy atom. The molecule has 0 saturated heterocycles. The van der Waals surface area contributed by atoms with Crippen molar-refractivity contribution < 1.29 is 18.0 Å². The molecule has 1 unspecified atom stereocenters. The first-order chi connectivity index (χ1) is 11.3. The summed E-state index contributed by atoms with van der Waals surface area (Å²) in [6.07, 6.45) is -0.0973. The van der Waals surface area contributed by atoms with Crippen molar-refractivity contribution in [2.24, 2.45) is 0 Å². The molecule has 1 amide bonds. The smallest absolute Gasteiger partial charge is 0.335 e. The first-order valence-corrected chi connectivity index (χ1v) is 7.56. The zero-order valence-corrected chi connectivity index (χ0v) is 13.4. The normalized spacial score (nSPS) is 12.7. The molecule has 0 spiro atoms. The van der Waals surface area contributed by atoms with Gasteiger partial charge in [0.2, 0.25) is 0 Å². The summed E-state index contributed by atoms with van der Waals surface area (Å²) in [6.45, 7) is 3.87. The number of alkyl halides is 3. The lowest BCUT2D eigenvalue weighted by molar-refractivity contribution is -0.138. The van der Waals surface area contributed by atoms with Gasteiger partial charge in [0.25, 0.3) is 5.91 Å². The van der Waals surface area contributed by atoms with Gasteiger partial charge in [-0.3, -0.25) is 9.78 Å². The zero-order valence-electron chi connectivity index (χ0n) is 13.4. The molecule has 1 heterocycles. The number of halogens is 3. The summed E-state index contributed by atoms with van der Waals surface area (Å²) in [5.41, 5.74) is -0.321. The second kappa shape index (κ2) is 7.42. The van der Waals surface area contributed by atoms with E-state index in [1.54, 1.807) is 19.9 Å². The van der Waals surface area contributed by atoms with Crippen LogP contribution >= 0.6 is 0 Å². The summed E-state index contributed by atoms with van der Waals surface area (Å²) in [7, 11) is 0. The van der Waals surface area contributed by atoms with Crippen LogP contribution in [0.25, 0.3) is 0 Å². The SMILES string of the molecule is CCN(C(=O)c1cnccn1)C(C)Cc1ccccc1C(F)(F)F. The van der Waals surface area contributed by atoms with Gasteiger partial charge >= 0.3 is 6.18 Å². The van der Waals surface area contributed by atoms with Crippen LogP contribution in [0.4, 0.5) is 13.2 Å². The molecule has 0 aliphatic heterocycles. The molecule has 0 bridgehead atoms. The van der Waals surface area contributed by atoms with Crippen LogP contribution in [0.2, 0.25) is 0 Å². The fourth-order valence-corrected chi connectivity index (χ4v) is 2.62. The minimum absolute atomic E-state index is 0.107. The molecule has 2 aromatic rings. The fraction of sp³-hybridized carbons (Fsp3) is 0.353. The van der Waals surface area contributed by atoms with Gasteiger partial charge in [0.15, 0.2) is 0 Å². The first kappa shape index (κ1) is 17.9. The van der Waals surface area contributed by atoms with E-state index in [1.165, 1.54) is 35.6 Å². The van der Waals surface area contributed by atoms with Crippen molar-refractivity contribution in [2.45, 2.75) is 32.5 Å². The van der Waals surface area contributed by atoms with Gasteiger partial charge in [-0.05, 0) is 31.9 Å². The highest BCUT2D eigenvalue weighted by Crippen LogP contribution is 2.32. The molecule has 128 valence electrons. The number of hydrogen-bond acceptors (Lipinski definition) is 3. The fourth-order valence-electron chi connectivity index (χ4n) is 2.62. The lowest BCUT2D eigenvalue weighted by Gasteiger charge is -2.28. The Balaban J connectivity index is 2.22. The standard InChI is InChI=1S/C17H18F3N3O/c1-3-23(16(24)15-11-21-8-9-22-15)12(2)10-13-6-4-5-7-14(13)17(18,19)20/h4-9,11-12H,3,10H2,1-2H3. The first-order valence-electron chi connectivity index (χ1n) is 7.56. The predicted octanol–water partition coefficient (Wildman–Crippen LogP) is 3.59. The second-order valence-electron chi connectivity index (χ2n) is 5.39. The average molecular weight is 337 g/mol. The third-order valence-electron chi connectivity index (χ3n) is 3.75. The van der Waals surface area contributed by atoms with E-state index < -0.39 is 17.8 Å². The Kier molecular flexibility index (Phi) is 5.54. The minimum atomic E-state index is -4.41. The number of carbonyl (C=O) groups excluding carboxylic acids is 1. The van der Waals surface area contributed by atoms with Gasteiger partial charge in [0.1, 0.15) is 5.69 Å². The summed E-state index contributed by atoms with van der Waals surface area (Å²) in [5, 5.41) is 0. The number of nitrogens with zero attached hydrogens (tertiary/aromatic N) is 3. The van der Waals surface area contributed by atoms with Crippen LogP contribution < -0.4 is 0 Å². The number of benzene rings is 1. The molecule has 1 aromatic heterocycles. The average Bonchev–Trinajstić information content (AvgIpc) is 2.55. The van der Waals surface area contributed by atoms with Crippen LogP contribution in [0, 0.1) is 0 Å². The summed E-state index contributed by atoms with van der Waals surface area (Å²) < 4.78 is 39.3. The highest BCUT2D eigenvalue weighted by molar-refractivity contribution is 5.92. The molecule has 4 nitrogen and oxygen atoms in total. The Labute approximate surface area is 138 Å². The van der Waals surface area contributed by atoms with Crippen LogP contribution in [0.3, 0.4) is 0 Å². The van der Waals surface area contributed by atoms with E-state index in [0.717, 1.165) is 6.07 Å². The molecule has 0 radical (unpaired) electrons. The van der Waals surface area contributed by atoms with Crippen LogP contribution in [0.15, 0.2) is 42.9 Å². The van der Waals surface area contributed by atoms with Gasteiger partial charge in [-0.15, -0.1) is 0 Å². The van der Waals surface area contributed by atoms with E-state index in [-0.39, 0.29) is 23.6 Å². The summed E-state index contributed by atoms with van der Waals surface area (Å²) in [4.78, 5) is 21.8. The quantitative estimate of drug-likeness (QED) is 0.838. The lowest BCUT2D eigenvalue weighted by atomic mass is 9.99. The van der Waals surface area contributed by atoms with Gasteiger partial charge in [0, 0.05) is 25.0 Å². The largest absolute Gasteiger partial charge is 0.416 e. The Hall–Kier alpha value is -2.44. The lowest BCUT2D eigenvalue weighted by Crippen LogP contribution is -2.40. The van der Waals surface area contributed by atoms with E-state index in [1.807, 2.05) is 0 Å². The molecule has 0 fully saturated rings. The number of hydrogen-bond donors (Lipinski definition) is 0. The summed E-state index contributed by atoms with van der Waals surface area (Å²) >= 11 is 0. The van der Waals surface area contributed by atoms with Crippen molar-refractivity contribution in [3.63, 3.8) is 0 Å². The molecular formula is C17H18F3N3O. The molecule has 0 saturated carbocycles. The van der Waals surface area contributed by atoms with Crippen LogP contribution in [-0.2, 0) is 12.6 Å². The number of aromatic nitrogens is 2. The van der Waals surface area contributed by atoms with E-state index >= 15 is 0 Å². The monoisotopic (exact) mass is 337 g/mol. The van der Waals surface area contributed by atoms with Crippen molar-refractivity contribution in [3.05, 3.63) is 59.7 Å². The van der Waals surface area contributed by atoms with Crippen molar-refractivity contribution in [2.75, 3.05) is 6.54 Å². The third-order valence-corrected chi connectivity index (χ3v) is 3.75. The maximum absolute atomic E-state index is 13.1. The number of rotatable bonds is 5. The highest BCUT2D eigenvalue weighted by Gasteiger charge is 2.33. The maximum Gasteiger partial charge on any atom is 0.416 e. The minimum Gasteiger partial charge on any atom is -0.335 e. The topological polar surface area (TPSA) is 46.1 Å². The van der Waals surface area contributed by atoms with Gasteiger partial charge in [-0.25, -0.2) is 4.98 Å². The maximum atomic E-state index is 13.1. The number of carbonyl (C=O) groups is 1. The molecule has 0 aliphatic rings. The second-order valence-corrected chi connectivity index (χ2v) is 5.39. The van der Waals surface area contributed by atoms with E-state index in [9.17, 15) is 18.0 Å². The van der Waals surface area contributed by atoms with E-state index in [2.05, 4.69) is 9.97 Å². The van der Waals surface area contributed by atoms with Crippen molar-refractivity contribution >= 4 is 5.91 Å². The Morgan fingerprint density at radius 2 is 1.96 bits per heavy atom. The van der Waals surface area contributed by atoms with Gasteiger partial charge in [-0.2, -0.15) is 13.2 Å². The number of amides is 1. The van der Waals surface area contributed by atoms with Gasteiger partial charge in [-0.1, -0.05) is 18.2 Å². The molecule has 1 aromatic carbocycles. The van der Waals surface area contributed by atoms with Crippen molar-refractivity contribution in [3.8, 4) is 0 Å².